The highest BCUT2D eigenvalue weighted by Crippen LogP contribution is 2.34. The molecule has 10 heteroatoms. The number of aromatic hydroxyl groups is 1. The number of hydrogen-bond acceptors (Lipinski definition) is 5. The van der Waals surface area contributed by atoms with Crippen molar-refractivity contribution < 1.29 is 18.1 Å². The molecule has 0 saturated heterocycles. The van der Waals surface area contributed by atoms with E-state index in [1.807, 2.05) is 0 Å². The summed E-state index contributed by atoms with van der Waals surface area (Å²) >= 11 is 11.7. The van der Waals surface area contributed by atoms with Crippen LogP contribution < -0.4 is 5.73 Å². The van der Waals surface area contributed by atoms with E-state index in [0.717, 1.165) is 16.8 Å². The molecule has 2 rings (SSSR count). The number of anilines is 1. The summed E-state index contributed by atoms with van der Waals surface area (Å²) in [6.07, 6.45) is 0. The van der Waals surface area contributed by atoms with Crippen molar-refractivity contribution in [2.75, 3.05) is 5.73 Å². The van der Waals surface area contributed by atoms with Crippen LogP contribution in [0.4, 0.5) is 5.69 Å². The maximum absolute atomic E-state index is 11.1. The number of benzene rings is 1. The van der Waals surface area contributed by atoms with E-state index in [9.17, 15) is 13.5 Å². The number of nitrogens with zero attached hydrogens (tertiary/aromatic N) is 2. The largest absolute Gasteiger partial charge is 0.492 e. The molecule has 0 spiro atoms. The number of nitrogens with two attached hydrogens (primary N) is 1. The lowest BCUT2D eigenvalue weighted by Crippen LogP contribution is -2.03. The smallest absolute Gasteiger partial charge is 0.296 e. The zero-order valence-electron chi connectivity index (χ0n) is 10.0. The third-order valence-corrected chi connectivity index (χ3v) is 4.21. The van der Waals surface area contributed by atoms with Gasteiger partial charge < -0.3 is 10.8 Å². The van der Waals surface area contributed by atoms with Crippen LogP contribution in [0.5, 0.6) is 5.88 Å². The van der Waals surface area contributed by atoms with Crippen LogP contribution in [0.3, 0.4) is 0 Å². The van der Waals surface area contributed by atoms with Gasteiger partial charge in [-0.1, -0.05) is 23.2 Å². The van der Waals surface area contributed by atoms with Crippen molar-refractivity contribution in [2.45, 2.75) is 11.8 Å². The van der Waals surface area contributed by atoms with Gasteiger partial charge in [-0.15, -0.1) is 0 Å². The van der Waals surface area contributed by atoms with Gasteiger partial charge in [-0.25, -0.2) is 0 Å². The van der Waals surface area contributed by atoms with Crippen LogP contribution in [0.1, 0.15) is 5.69 Å². The van der Waals surface area contributed by atoms with Gasteiger partial charge in [0.05, 0.1) is 21.4 Å². The third kappa shape index (κ3) is 2.42. The molecule has 0 unspecified atom stereocenters. The fourth-order valence-electron chi connectivity index (χ4n) is 1.57. The Kier molecular flexibility index (Phi) is 3.59. The lowest BCUT2D eigenvalue weighted by atomic mass is 10.3. The van der Waals surface area contributed by atoms with E-state index >= 15 is 0 Å². The van der Waals surface area contributed by atoms with Crippen LogP contribution in [0.15, 0.2) is 17.0 Å². The Balaban J connectivity index is 2.72. The van der Waals surface area contributed by atoms with Gasteiger partial charge in [0.15, 0.2) is 0 Å². The van der Waals surface area contributed by atoms with E-state index in [1.165, 1.54) is 0 Å². The number of aryl methyl sites for hydroxylation is 1. The molecule has 0 bridgehead atoms. The number of hydrogen-bond donors (Lipinski definition) is 3. The molecule has 4 N–H and O–H groups in total. The average Bonchev–Trinajstić information content (AvgIpc) is 2.58. The highest BCUT2D eigenvalue weighted by molar-refractivity contribution is 7.86. The quantitative estimate of drug-likeness (QED) is 0.721. The summed E-state index contributed by atoms with van der Waals surface area (Å²) in [7, 11) is -4.50. The molecule has 0 aliphatic rings. The van der Waals surface area contributed by atoms with Gasteiger partial charge in [0.25, 0.3) is 10.1 Å². The Morgan fingerprint density at radius 1 is 1.30 bits per heavy atom. The van der Waals surface area contributed by atoms with Gasteiger partial charge in [0.1, 0.15) is 10.6 Å². The van der Waals surface area contributed by atoms with E-state index in [4.69, 9.17) is 33.5 Å². The molecule has 0 amide bonds. The van der Waals surface area contributed by atoms with Crippen LogP contribution in [0, 0.1) is 6.92 Å². The summed E-state index contributed by atoms with van der Waals surface area (Å²) in [5.41, 5.74) is 6.14. The average molecular weight is 338 g/mol. The van der Waals surface area contributed by atoms with Crippen LogP contribution in [0.25, 0.3) is 5.69 Å². The zero-order valence-corrected chi connectivity index (χ0v) is 12.3. The predicted octanol–water partition coefficient (Wildman–Crippen LogP) is 2.02. The minimum atomic E-state index is -4.50. The number of halogens is 2. The van der Waals surface area contributed by atoms with Crippen LogP contribution in [-0.4, -0.2) is 27.9 Å². The van der Waals surface area contributed by atoms with Crippen LogP contribution in [-0.2, 0) is 10.1 Å². The van der Waals surface area contributed by atoms with Crippen molar-refractivity contribution >= 4 is 39.0 Å². The maximum Gasteiger partial charge on any atom is 0.296 e. The van der Waals surface area contributed by atoms with E-state index in [1.54, 1.807) is 6.92 Å². The summed E-state index contributed by atoms with van der Waals surface area (Å²) in [5.74, 6) is -0.347. The first-order chi connectivity index (χ1) is 9.12. The second-order valence-corrected chi connectivity index (χ2v) is 6.15. The highest BCUT2D eigenvalue weighted by atomic mass is 35.5. The van der Waals surface area contributed by atoms with Crippen molar-refractivity contribution in [3.8, 4) is 11.6 Å². The summed E-state index contributed by atoms with van der Waals surface area (Å²) in [6.45, 7) is 1.58. The first kappa shape index (κ1) is 14.9. The second-order valence-electron chi connectivity index (χ2n) is 3.94. The van der Waals surface area contributed by atoms with E-state index in [0.29, 0.717) is 5.69 Å². The highest BCUT2D eigenvalue weighted by Gasteiger charge is 2.21. The molecule has 20 heavy (non-hydrogen) atoms. The van der Waals surface area contributed by atoms with Gasteiger partial charge in [0.2, 0.25) is 5.88 Å². The fraction of sp³-hybridized carbons (Fsp3) is 0.100. The Morgan fingerprint density at radius 2 is 1.90 bits per heavy atom. The lowest BCUT2D eigenvalue weighted by Gasteiger charge is -2.09. The van der Waals surface area contributed by atoms with Gasteiger partial charge in [-0.2, -0.15) is 18.2 Å². The van der Waals surface area contributed by atoms with Gasteiger partial charge in [-0.05, 0) is 19.1 Å². The van der Waals surface area contributed by atoms with Crippen molar-refractivity contribution in [1.29, 1.82) is 0 Å². The molecule has 1 heterocycles. The molecule has 1 aromatic heterocycles. The van der Waals surface area contributed by atoms with Crippen LogP contribution >= 0.6 is 23.2 Å². The Morgan fingerprint density at radius 3 is 2.35 bits per heavy atom. The molecule has 0 radical (unpaired) electrons. The van der Waals surface area contributed by atoms with Crippen molar-refractivity contribution in [1.82, 2.24) is 9.78 Å². The van der Waals surface area contributed by atoms with Crippen molar-refractivity contribution in [3.05, 3.63) is 27.9 Å². The Hall–Kier alpha value is -1.48. The molecule has 0 aliphatic carbocycles. The molecular formula is C10H9Cl2N3O4S. The summed E-state index contributed by atoms with van der Waals surface area (Å²) in [4.78, 5) is -0.538. The van der Waals surface area contributed by atoms with Gasteiger partial charge in [0, 0.05) is 0 Å². The first-order valence-corrected chi connectivity index (χ1v) is 7.33. The predicted molar refractivity (Wildman–Crippen MR) is 74.2 cm³/mol. The van der Waals surface area contributed by atoms with Crippen molar-refractivity contribution in [3.63, 3.8) is 0 Å². The minimum Gasteiger partial charge on any atom is -0.492 e. The Labute approximate surface area is 124 Å². The molecule has 108 valence electrons. The fourth-order valence-corrected chi connectivity index (χ4v) is 2.90. The maximum atomic E-state index is 11.1. The summed E-state index contributed by atoms with van der Waals surface area (Å²) in [6, 6.07) is 2.11. The normalized spacial score (nSPS) is 11.8. The standard InChI is InChI=1S/C10H9Cl2N3O4S/c1-4-9(13)10(16)15(14-4)7-2-6(12)8(3-5(7)11)20(17,18)19/h2-3,16H,13H2,1H3,(H,17,18,19). The molecule has 0 saturated carbocycles. The monoisotopic (exact) mass is 337 g/mol. The van der Waals surface area contributed by atoms with Crippen LogP contribution in [0.2, 0.25) is 10.0 Å². The van der Waals surface area contributed by atoms with E-state index < -0.39 is 15.0 Å². The topological polar surface area (TPSA) is 118 Å². The molecule has 0 aliphatic heterocycles. The van der Waals surface area contributed by atoms with Gasteiger partial charge in [-0.3, -0.25) is 4.55 Å². The lowest BCUT2D eigenvalue weighted by molar-refractivity contribution is 0.436. The molecular weight excluding hydrogens is 329 g/mol. The SMILES string of the molecule is Cc1nn(-c2cc(Cl)c(S(=O)(=O)O)cc2Cl)c(O)c1N. The molecule has 7 nitrogen and oxygen atoms in total. The molecule has 0 fully saturated rings. The summed E-state index contributed by atoms with van der Waals surface area (Å²) < 4.78 is 32.2. The molecule has 1 aromatic carbocycles. The van der Waals surface area contributed by atoms with E-state index in [-0.39, 0.29) is 27.3 Å². The summed E-state index contributed by atoms with van der Waals surface area (Å²) in [5, 5.41) is 13.4. The Bertz CT molecular complexity index is 801. The zero-order chi connectivity index (χ0) is 15.2. The van der Waals surface area contributed by atoms with Gasteiger partial charge >= 0.3 is 0 Å². The number of rotatable bonds is 2. The number of nitrogen functional groups attached to an aromatic ring is 1. The second kappa shape index (κ2) is 4.81. The van der Waals surface area contributed by atoms with E-state index in [2.05, 4.69) is 5.10 Å². The molecule has 0 atom stereocenters. The number of aromatic nitrogens is 2. The minimum absolute atomic E-state index is 0.0658. The first-order valence-electron chi connectivity index (χ1n) is 5.14. The molecule has 2 aromatic rings. The third-order valence-electron chi connectivity index (χ3n) is 2.59. The van der Waals surface area contributed by atoms with Crippen molar-refractivity contribution in [2.24, 2.45) is 0 Å².